The van der Waals surface area contributed by atoms with Gasteiger partial charge >= 0.3 is 0 Å². The lowest BCUT2D eigenvalue weighted by Crippen LogP contribution is -2.49. The van der Waals surface area contributed by atoms with E-state index in [1.54, 1.807) is 6.07 Å². The molecule has 1 saturated heterocycles. The predicted molar refractivity (Wildman–Crippen MR) is 65.8 cm³/mol. The molecule has 0 bridgehead atoms. The van der Waals surface area contributed by atoms with E-state index in [0.29, 0.717) is 16.6 Å². The van der Waals surface area contributed by atoms with Crippen LogP contribution in [0.25, 0.3) is 0 Å². The number of nitrogens with one attached hydrogen (secondary N) is 1. The van der Waals surface area contributed by atoms with Crippen LogP contribution in [0, 0.1) is 11.3 Å². The van der Waals surface area contributed by atoms with Crippen LogP contribution in [-0.4, -0.2) is 25.7 Å². The van der Waals surface area contributed by atoms with Crippen LogP contribution in [0.1, 0.15) is 12.5 Å². The van der Waals surface area contributed by atoms with Gasteiger partial charge in [0.15, 0.2) is 0 Å². The Bertz CT molecular complexity index is 425. The quantitative estimate of drug-likeness (QED) is 0.810. The van der Waals surface area contributed by atoms with Gasteiger partial charge < -0.3 is 10.2 Å². The number of anilines is 1. The highest BCUT2D eigenvalue weighted by Gasteiger charge is 2.16. The Balaban J connectivity index is 2.21. The molecule has 0 radical (unpaired) electrons. The number of halogens is 1. The van der Waals surface area contributed by atoms with E-state index in [9.17, 15) is 0 Å². The van der Waals surface area contributed by atoms with Crippen molar-refractivity contribution in [1.82, 2.24) is 5.32 Å². The monoisotopic (exact) mass is 235 g/mol. The fourth-order valence-electron chi connectivity index (χ4n) is 1.96. The van der Waals surface area contributed by atoms with E-state index in [2.05, 4.69) is 23.2 Å². The third-order valence-electron chi connectivity index (χ3n) is 2.81. The molecule has 1 atom stereocenters. The van der Waals surface area contributed by atoms with Gasteiger partial charge in [0.25, 0.3) is 0 Å². The number of rotatable bonds is 1. The van der Waals surface area contributed by atoms with Gasteiger partial charge in [0, 0.05) is 31.4 Å². The molecule has 1 aliphatic rings. The van der Waals surface area contributed by atoms with Gasteiger partial charge in [-0.15, -0.1) is 0 Å². The van der Waals surface area contributed by atoms with Crippen molar-refractivity contribution in [3.8, 4) is 6.07 Å². The van der Waals surface area contributed by atoms with Crippen LogP contribution < -0.4 is 10.2 Å². The third-order valence-corrected chi connectivity index (χ3v) is 3.12. The molecule has 3 nitrogen and oxygen atoms in total. The molecule has 1 aromatic rings. The molecule has 0 spiro atoms. The summed E-state index contributed by atoms with van der Waals surface area (Å²) in [6, 6.07) is 8.18. The molecule has 84 valence electrons. The predicted octanol–water partition coefficient (Wildman–Crippen LogP) is 2.01. The zero-order valence-electron chi connectivity index (χ0n) is 9.20. The summed E-state index contributed by atoms with van der Waals surface area (Å²) in [6.45, 7) is 5.10. The second-order valence-electron chi connectivity index (χ2n) is 4.08. The summed E-state index contributed by atoms with van der Waals surface area (Å²) in [7, 11) is 0. The molecule has 1 heterocycles. The lowest BCUT2D eigenvalue weighted by molar-refractivity contribution is 0.485. The van der Waals surface area contributed by atoms with E-state index in [0.717, 1.165) is 25.3 Å². The topological polar surface area (TPSA) is 39.1 Å². The van der Waals surface area contributed by atoms with Gasteiger partial charge in [-0.2, -0.15) is 5.26 Å². The SMILES string of the molecule is C[C@H]1CN(c2ccc(C#N)c(Cl)c2)CCN1. The van der Waals surface area contributed by atoms with Crippen LogP contribution in [0.4, 0.5) is 5.69 Å². The lowest BCUT2D eigenvalue weighted by atomic mass is 10.1. The van der Waals surface area contributed by atoms with Gasteiger partial charge in [-0.25, -0.2) is 0 Å². The first kappa shape index (κ1) is 11.3. The molecule has 1 N–H and O–H groups in total. The summed E-state index contributed by atoms with van der Waals surface area (Å²) >= 11 is 6.02. The minimum Gasteiger partial charge on any atom is -0.369 e. The molecule has 0 amide bonds. The molecular formula is C12H14ClN3. The number of nitriles is 1. The summed E-state index contributed by atoms with van der Waals surface area (Å²) in [5, 5.41) is 12.7. The highest BCUT2D eigenvalue weighted by molar-refractivity contribution is 6.32. The fraction of sp³-hybridized carbons (Fsp3) is 0.417. The largest absolute Gasteiger partial charge is 0.369 e. The Kier molecular flexibility index (Phi) is 3.33. The van der Waals surface area contributed by atoms with Crippen molar-refractivity contribution in [3.63, 3.8) is 0 Å². The first-order valence-corrected chi connectivity index (χ1v) is 5.76. The third kappa shape index (κ3) is 2.29. The number of benzene rings is 1. The number of piperazine rings is 1. The van der Waals surface area contributed by atoms with Crippen LogP contribution in [0.2, 0.25) is 5.02 Å². The Morgan fingerprint density at radius 2 is 2.38 bits per heavy atom. The maximum absolute atomic E-state index is 8.80. The molecule has 1 aromatic carbocycles. The van der Waals surface area contributed by atoms with Gasteiger partial charge in [-0.1, -0.05) is 11.6 Å². The molecule has 1 fully saturated rings. The van der Waals surface area contributed by atoms with Gasteiger partial charge in [0.2, 0.25) is 0 Å². The zero-order chi connectivity index (χ0) is 11.5. The maximum Gasteiger partial charge on any atom is 0.101 e. The first-order valence-electron chi connectivity index (χ1n) is 5.38. The lowest BCUT2D eigenvalue weighted by Gasteiger charge is -2.33. The Morgan fingerprint density at radius 1 is 1.56 bits per heavy atom. The van der Waals surface area contributed by atoms with Crippen molar-refractivity contribution in [1.29, 1.82) is 5.26 Å². The smallest absolute Gasteiger partial charge is 0.101 e. The summed E-state index contributed by atoms with van der Waals surface area (Å²) in [5.41, 5.74) is 1.63. The van der Waals surface area contributed by atoms with Gasteiger partial charge in [0.1, 0.15) is 6.07 Å². The molecule has 0 aliphatic carbocycles. The molecule has 0 unspecified atom stereocenters. The van der Waals surface area contributed by atoms with E-state index >= 15 is 0 Å². The summed E-state index contributed by atoms with van der Waals surface area (Å²) in [4.78, 5) is 2.29. The number of hydrogen-bond acceptors (Lipinski definition) is 3. The van der Waals surface area contributed by atoms with Gasteiger partial charge in [0.05, 0.1) is 10.6 Å². The highest BCUT2D eigenvalue weighted by Crippen LogP contribution is 2.23. The summed E-state index contributed by atoms with van der Waals surface area (Å²) in [5.74, 6) is 0. The van der Waals surface area contributed by atoms with E-state index < -0.39 is 0 Å². The minimum atomic E-state index is 0.489. The van der Waals surface area contributed by atoms with E-state index in [1.807, 2.05) is 12.1 Å². The van der Waals surface area contributed by atoms with Crippen molar-refractivity contribution < 1.29 is 0 Å². The normalized spacial score (nSPS) is 20.6. The minimum absolute atomic E-state index is 0.489. The van der Waals surface area contributed by atoms with Gasteiger partial charge in [-0.3, -0.25) is 0 Å². The fourth-order valence-corrected chi connectivity index (χ4v) is 2.18. The number of nitrogens with zero attached hydrogens (tertiary/aromatic N) is 2. The Hall–Kier alpha value is -1.24. The first-order chi connectivity index (χ1) is 7.70. The second-order valence-corrected chi connectivity index (χ2v) is 4.48. The molecule has 16 heavy (non-hydrogen) atoms. The maximum atomic E-state index is 8.80. The second kappa shape index (κ2) is 4.73. The van der Waals surface area contributed by atoms with Crippen molar-refractivity contribution in [2.24, 2.45) is 0 Å². The van der Waals surface area contributed by atoms with Crippen LogP contribution in [0.15, 0.2) is 18.2 Å². The average Bonchev–Trinajstić information content (AvgIpc) is 2.29. The number of hydrogen-bond donors (Lipinski definition) is 1. The Morgan fingerprint density at radius 3 is 3.00 bits per heavy atom. The van der Waals surface area contributed by atoms with Crippen LogP contribution >= 0.6 is 11.6 Å². The van der Waals surface area contributed by atoms with Crippen molar-refractivity contribution in [3.05, 3.63) is 28.8 Å². The van der Waals surface area contributed by atoms with Crippen molar-refractivity contribution in [2.75, 3.05) is 24.5 Å². The molecule has 0 saturated carbocycles. The van der Waals surface area contributed by atoms with Gasteiger partial charge in [-0.05, 0) is 25.1 Å². The van der Waals surface area contributed by atoms with E-state index in [-0.39, 0.29) is 0 Å². The summed E-state index contributed by atoms with van der Waals surface area (Å²) < 4.78 is 0. The molecule has 4 heteroatoms. The molecule has 1 aliphatic heterocycles. The summed E-state index contributed by atoms with van der Waals surface area (Å²) in [6.07, 6.45) is 0. The molecule has 0 aromatic heterocycles. The standard InChI is InChI=1S/C12H14ClN3/c1-9-8-16(5-4-15-9)11-3-2-10(7-14)12(13)6-11/h2-3,6,9,15H,4-5,8H2,1H3/t9-/m0/s1. The average molecular weight is 236 g/mol. The van der Waals surface area contributed by atoms with Crippen molar-refractivity contribution >= 4 is 17.3 Å². The van der Waals surface area contributed by atoms with Crippen molar-refractivity contribution in [2.45, 2.75) is 13.0 Å². The molecular weight excluding hydrogens is 222 g/mol. The Labute approximate surface area is 101 Å². The zero-order valence-corrected chi connectivity index (χ0v) is 9.96. The highest BCUT2D eigenvalue weighted by atomic mass is 35.5. The van der Waals surface area contributed by atoms with E-state index in [1.165, 1.54) is 0 Å². The van der Waals surface area contributed by atoms with Crippen LogP contribution in [0.3, 0.4) is 0 Å². The molecule has 2 rings (SSSR count). The van der Waals surface area contributed by atoms with Crippen LogP contribution in [-0.2, 0) is 0 Å². The van der Waals surface area contributed by atoms with Crippen LogP contribution in [0.5, 0.6) is 0 Å². The van der Waals surface area contributed by atoms with E-state index in [4.69, 9.17) is 16.9 Å².